The molecule has 0 bridgehead atoms. The maximum atomic E-state index is 14.0. The van der Waals surface area contributed by atoms with Crippen molar-refractivity contribution < 1.29 is 19.0 Å². The molecule has 1 aliphatic rings. The van der Waals surface area contributed by atoms with Gasteiger partial charge in [-0.15, -0.1) is 0 Å². The molecular formula is C20H19ClFN3O3. The van der Waals surface area contributed by atoms with Gasteiger partial charge in [0.2, 0.25) is 0 Å². The summed E-state index contributed by atoms with van der Waals surface area (Å²) in [6.07, 6.45) is 2.14. The van der Waals surface area contributed by atoms with Crippen LogP contribution in [0.4, 0.5) is 15.8 Å². The highest BCUT2D eigenvalue weighted by molar-refractivity contribution is 6.32. The smallest absolute Gasteiger partial charge is 0.352 e. The number of piperidine rings is 1. The summed E-state index contributed by atoms with van der Waals surface area (Å²) in [4.78, 5) is 13.8. The molecule has 0 saturated carbocycles. The average molecular weight is 404 g/mol. The lowest BCUT2D eigenvalue weighted by atomic mass is 10.1. The molecule has 8 heteroatoms. The number of ether oxygens (including phenoxy) is 1. The van der Waals surface area contributed by atoms with E-state index in [1.807, 2.05) is 6.07 Å². The third kappa shape index (κ3) is 3.76. The maximum Gasteiger partial charge on any atom is 0.352 e. The van der Waals surface area contributed by atoms with Gasteiger partial charge in [0.25, 0.3) is 0 Å². The number of hydrogen-bond donors (Lipinski definition) is 4. The predicted octanol–water partition coefficient (Wildman–Crippen LogP) is 4.53. The maximum absolute atomic E-state index is 14.0. The van der Waals surface area contributed by atoms with Crippen LogP contribution in [0.15, 0.2) is 36.4 Å². The molecule has 0 aliphatic carbocycles. The molecule has 1 saturated heterocycles. The van der Waals surface area contributed by atoms with E-state index in [9.17, 15) is 9.18 Å². The Labute approximate surface area is 165 Å². The van der Waals surface area contributed by atoms with Crippen molar-refractivity contribution in [1.82, 2.24) is 10.3 Å². The molecule has 3 aromatic rings. The first-order chi connectivity index (χ1) is 13.5. The normalized spacial score (nSPS) is 16.9. The van der Waals surface area contributed by atoms with Crippen LogP contribution in [0, 0.1) is 5.82 Å². The molecule has 1 fully saturated rings. The highest BCUT2D eigenvalue weighted by Crippen LogP contribution is 2.33. The van der Waals surface area contributed by atoms with E-state index in [-0.39, 0.29) is 17.3 Å². The van der Waals surface area contributed by atoms with Crippen LogP contribution in [-0.4, -0.2) is 35.3 Å². The Balaban J connectivity index is 1.58. The van der Waals surface area contributed by atoms with Gasteiger partial charge in [0.1, 0.15) is 23.4 Å². The largest absolute Gasteiger partial charge is 0.488 e. The number of aromatic carboxylic acids is 1. The van der Waals surface area contributed by atoms with Crippen LogP contribution in [0.2, 0.25) is 5.02 Å². The average Bonchev–Trinajstić information content (AvgIpc) is 3.14. The zero-order chi connectivity index (χ0) is 19.7. The number of H-pyrrole nitrogens is 1. The number of carbonyl (C=O) groups is 1. The van der Waals surface area contributed by atoms with Crippen molar-refractivity contribution in [3.8, 4) is 5.75 Å². The summed E-state index contributed by atoms with van der Waals surface area (Å²) in [5.74, 6) is -1.06. The Hall–Kier alpha value is -2.77. The molecule has 146 valence electrons. The molecule has 0 spiro atoms. The Bertz CT molecular complexity index is 1030. The van der Waals surface area contributed by atoms with Gasteiger partial charge in [-0.3, -0.25) is 0 Å². The van der Waals surface area contributed by atoms with Gasteiger partial charge >= 0.3 is 5.97 Å². The second-order valence-corrected chi connectivity index (χ2v) is 7.14. The molecule has 1 aromatic heterocycles. The van der Waals surface area contributed by atoms with Crippen molar-refractivity contribution in [3.05, 3.63) is 52.9 Å². The fourth-order valence-corrected chi connectivity index (χ4v) is 3.56. The minimum atomic E-state index is -1.15. The quantitative estimate of drug-likeness (QED) is 0.502. The first-order valence-corrected chi connectivity index (χ1v) is 9.37. The van der Waals surface area contributed by atoms with Gasteiger partial charge in [0, 0.05) is 23.3 Å². The third-order valence-electron chi connectivity index (χ3n) is 4.73. The molecule has 0 radical (unpaired) electrons. The van der Waals surface area contributed by atoms with Crippen molar-refractivity contribution >= 4 is 39.8 Å². The number of anilines is 2. The van der Waals surface area contributed by atoms with Gasteiger partial charge in [-0.25, -0.2) is 9.18 Å². The van der Waals surface area contributed by atoms with Crippen LogP contribution < -0.4 is 15.4 Å². The van der Waals surface area contributed by atoms with E-state index in [2.05, 4.69) is 15.6 Å². The van der Waals surface area contributed by atoms with Gasteiger partial charge in [0.05, 0.1) is 10.5 Å². The topological polar surface area (TPSA) is 86.4 Å². The molecule has 6 nitrogen and oxygen atoms in total. The van der Waals surface area contributed by atoms with Gasteiger partial charge in [-0.05, 0) is 55.8 Å². The summed E-state index contributed by atoms with van der Waals surface area (Å²) >= 11 is 6.37. The molecule has 2 heterocycles. The fraction of sp³-hybridized carbons (Fsp3) is 0.250. The zero-order valence-electron chi connectivity index (χ0n) is 14.9. The van der Waals surface area contributed by atoms with Crippen LogP contribution in [-0.2, 0) is 0 Å². The monoisotopic (exact) mass is 403 g/mol. The van der Waals surface area contributed by atoms with Gasteiger partial charge in [0.15, 0.2) is 0 Å². The lowest BCUT2D eigenvalue weighted by molar-refractivity contribution is 0.0691. The number of benzene rings is 2. The van der Waals surface area contributed by atoms with Crippen LogP contribution in [0.1, 0.15) is 23.3 Å². The highest BCUT2D eigenvalue weighted by atomic mass is 35.5. The first kappa shape index (κ1) is 18.6. The number of aromatic nitrogens is 1. The second kappa shape index (κ2) is 7.69. The van der Waals surface area contributed by atoms with Crippen molar-refractivity contribution in [3.63, 3.8) is 0 Å². The Morgan fingerprint density at radius 1 is 1.29 bits per heavy atom. The van der Waals surface area contributed by atoms with Crippen molar-refractivity contribution in [2.75, 3.05) is 18.4 Å². The first-order valence-electron chi connectivity index (χ1n) is 9.00. The number of rotatable bonds is 5. The minimum absolute atomic E-state index is 0.0778. The van der Waals surface area contributed by atoms with Crippen LogP contribution >= 0.6 is 11.6 Å². The standard InChI is InChI=1S/C20H19ClFN3O3/c21-14-8-11(3-6-18(14)28-12-2-1-7-23-10-12)24-16-5-4-15(22)19-13(16)9-17(25-19)20(26)27/h3-6,8-9,12,23-25H,1-2,7,10H2,(H,26,27). The highest BCUT2D eigenvalue weighted by Gasteiger charge is 2.17. The molecule has 1 aliphatic heterocycles. The summed E-state index contributed by atoms with van der Waals surface area (Å²) in [5.41, 5.74) is 1.32. The van der Waals surface area contributed by atoms with Gasteiger partial charge < -0.3 is 25.5 Å². The van der Waals surface area contributed by atoms with Gasteiger partial charge in [-0.1, -0.05) is 11.6 Å². The Morgan fingerprint density at radius 3 is 2.86 bits per heavy atom. The minimum Gasteiger partial charge on any atom is -0.488 e. The van der Waals surface area contributed by atoms with E-state index in [1.54, 1.807) is 18.2 Å². The molecule has 4 N–H and O–H groups in total. The fourth-order valence-electron chi connectivity index (χ4n) is 3.34. The van der Waals surface area contributed by atoms with Crippen molar-refractivity contribution in [2.45, 2.75) is 18.9 Å². The Kier molecular flexibility index (Phi) is 5.11. The third-order valence-corrected chi connectivity index (χ3v) is 5.02. The lowest BCUT2D eigenvalue weighted by Crippen LogP contribution is -2.37. The molecule has 2 aromatic carbocycles. The predicted molar refractivity (Wildman–Crippen MR) is 106 cm³/mol. The molecule has 28 heavy (non-hydrogen) atoms. The number of carboxylic acid groups (broad SMARTS) is 1. The number of nitrogens with one attached hydrogen (secondary N) is 3. The SMILES string of the molecule is O=C(O)c1cc2c(Nc3ccc(OC4CCCNC4)c(Cl)c3)ccc(F)c2[nH]1. The Morgan fingerprint density at radius 2 is 2.14 bits per heavy atom. The van der Waals surface area contributed by atoms with Crippen molar-refractivity contribution in [1.29, 1.82) is 0 Å². The number of halogens is 2. The summed E-state index contributed by atoms with van der Waals surface area (Å²) in [5, 5.41) is 16.5. The van der Waals surface area contributed by atoms with E-state index in [0.717, 1.165) is 25.9 Å². The van der Waals surface area contributed by atoms with E-state index >= 15 is 0 Å². The zero-order valence-corrected chi connectivity index (χ0v) is 15.6. The molecular weight excluding hydrogens is 385 g/mol. The van der Waals surface area contributed by atoms with E-state index < -0.39 is 11.8 Å². The molecule has 4 rings (SSSR count). The summed E-state index contributed by atoms with van der Waals surface area (Å²) in [6.45, 7) is 1.80. The summed E-state index contributed by atoms with van der Waals surface area (Å²) in [7, 11) is 0. The number of hydrogen-bond acceptors (Lipinski definition) is 4. The number of fused-ring (bicyclic) bond motifs is 1. The molecule has 1 unspecified atom stereocenters. The number of aromatic amines is 1. The van der Waals surface area contributed by atoms with E-state index in [1.165, 1.54) is 12.1 Å². The number of carboxylic acids is 1. The van der Waals surface area contributed by atoms with Crippen molar-refractivity contribution in [2.24, 2.45) is 0 Å². The van der Waals surface area contributed by atoms with E-state index in [0.29, 0.717) is 27.5 Å². The summed E-state index contributed by atoms with van der Waals surface area (Å²) < 4.78 is 20.0. The lowest BCUT2D eigenvalue weighted by Gasteiger charge is -2.24. The van der Waals surface area contributed by atoms with Crippen LogP contribution in [0.3, 0.4) is 0 Å². The molecule has 0 amide bonds. The van der Waals surface area contributed by atoms with Gasteiger partial charge in [-0.2, -0.15) is 0 Å². The second-order valence-electron chi connectivity index (χ2n) is 6.73. The van der Waals surface area contributed by atoms with E-state index in [4.69, 9.17) is 21.4 Å². The van der Waals surface area contributed by atoms with Crippen LogP contribution in [0.5, 0.6) is 5.75 Å². The van der Waals surface area contributed by atoms with Crippen LogP contribution in [0.25, 0.3) is 10.9 Å². The summed E-state index contributed by atoms with van der Waals surface area (Å²) in [6, 6.07) is 9.58. The molecule has 1 atom stereocenters.